The number of hydrogen-bond acceptors (Lipinski definition) is 3. The third kappa shape index (κ3) is 4.03. The van der Waals surface area contributed by atoms with Crippen molar-refractivity contribution < 1.29 is 9.47 Å². The molecule has 1 aliphatic rings. The van der Waals surface area contributed by atoms with E-state index >= 15 is 0 Å². The number of nitrogens with one attached hydrogen (secondary N) is 1. The summed E-state index contributed by atoms with van der Waals surface area (Å²) in [5.41, 5.74) is 3.08. The Hall–Kier alpha value is -0.900. The Balaban J connectivity index is 1.97. The van der Waals surface area contributed by atoms with Crippen molar-refractivity contribution >= 4 is 0 Å². The summed E-state index contributed by atoms with van der Waals surface area (Å²) >= 11 is 0. The molecule has 106 valence electrons. The molecular weight excluding hydrogens is 238 g/mol. The van der Waals surface area contributed by atoms with Gasteiger partial charge < -0.3 is 14.8 Å². The average Bonchev–Trinajstić information content (AvgIpc) is 2.87. The fourth-order valence-electron chi connectivity index (χ4n) is 2.73. The molecule has 1 N–H and O–H groups in total. The maximum atomic E-state index is 5.66. The lowest BCUT2D eigenvalue weighted by Crippen LogP contribution is -2.38. The normalized spacial score (nSPS) is 22.8. The predicted molar refractivity (Wildman–Crippen MR) is 77.5 cm³/mol. The van der Waals surface area contributed by atoms with Gasteiger partial charge in [0.15, 0.2) is 0 Å². The van der Waals surface area contributed by atoms with Crippen molar-refractivity contribution in [1.29, 1.82) is 0 Å². The fourth-order valence-corrected chi connectivity index (χ4v) is 2.73. The molecule has 1 aromatic rings. The smallest absolute Gasteiger partial charge is 0.0587 e. The molecule has 1 saturated heterocycles. The number of hydrogen-bond donors (Lipinski definition) is 1. The Morgan fingerprint density at radius 1 is 1.37 bits per heavy atom. The maximum Gasteiger partial charge on any atom is 0.0587 e. The quantitative estimate of drug-likeness (QED) is 0.765. The van der Waals surface area contributed by atoms with Gasteiger partial charge in [-0.2, -0.15) is 0 Å². The molecule has 0 bridgehead atoms. The second kappa shape index (κ2) is 7.04. The fraction of sp³-hybridized carbons (Fsp3) is 0.625. The van der Waals surface area contributed by atoms with E-state index < -0.39 is 0 Å². The maximum absolute atomic E-state index is 5.66. The van der Waals surface area contributed by atoms with Crippen LogP contribution in [0, 0.1) is 12.3 Å². The van der Waals surface area contributed by atoms with E-state index in [4.69, 9.17) is 9.47 Å². The van der Waals surface area contributed by atoms with Gasteiger partial charge in [0.2, 0.25) is 0 Å². The van der Waals surface area contributed by atoms with Crippen LogP contribution in [0.5, 0.6) is 0 Å². The highest BCUT2D eigenvalue weighted by molar-refractivity contribution is 5.27. The van der Waals surface area contributed by atoms with Crippen molar-refractivity contribution in [2.24, 2.45) is 5.41 Å². The SMILES string of the molecule is COCCNCC1(Cc2ccccc2C)CCOC1. The van der Waals surface area contributed by atoms with Gasteiger partial charge in [0.1, 0.15) is 0 Å². The Morgan fingerprint density at radius 2 is 2.21 bits per heavy atom. The summed E-state index contributed by atoms with van der Waals surface area (Å²) in [7, 11) is 1.74. The number of rotatable bonds is 7. The minimum atomic E-state index is 0.250. The second-order valence-corrected chi connectivity index (χ2v) is 5.58. The molecule has 3 heteroatoms. The van der Waals surface area contributed by atoms with Crippen LogP contribution in [0.25, 0.3) is 0 Å². The van der Waals surface area contributed by atoms with Gasteiger partial charge in [-0.3, -0.25) is 0 Å². The molecule has 0 spiro atoms. The van der Waals surface area contributed by atoms with E-state index in [0.717, 1.165) is 45.8 Å². The van der Waals surface area contributed by atoms with E-state index in [0.29, 0.717) is 0 Å². The van der Waals surface area contributed by atoms with Crippen LogP contribution in [0.3, 0.4) is 0 Å². The first kappa shape index (κ1) is 14.5. The molecule has 1 unspecified atom stereocenters. The van der Waals surface area contributed by atoms with Gasteiger partial charge in [-0.15, -0.1) is 0 Å². The molecule has 1 heterocycles. The summed E-state index contributed by atoms with van der Waals surface area (Å²) in [5, 5.41) is 3.50. The zero-order valence-electron chi connectivity index (χ0n) is 12.1. The van der Waals surface area contributed by atoms with E-state index in [1.807, 2.05) is 0 Å². The summed E-state index contributed by atoms with van der Waals surface area (Å²) < 4.78 is 10.7. The Kier molecular flexibility index (Phi) is 5.37. The van der Waals surface area contributed by atoms with Crippen LogP contribution in [-0.2, 0) is 15.9 Å². The number of aryl methyl sites for hydroxylation is 1. The van der Waals surface area contributed by atoms with Gasteiger partial charge in [0.25, 0.3) is 0 Å². The monoisotopic (exact) mass is 263 g/mol. The highest BCUT2D eigenvalue weighted by Gasteiger charge is 2.34. The number of benzene rings is 1. The largest absolute Gasteiger partial charge is 0.383 e. The lowest BCUT2D eigenvalue weighted by Gasteiger charge is -2.28. The van der Waals surface area contributed by atoms with E-state index in [-0.39, 0.29) is 5.41 Å². The molecular formula is C16H25NO2. The van der Waals surface area contributed by atoms with Crippen LogP contribution in [0.2, 0.25) is 0 Å². The van der Waals surface area contributed by atoms with Crippen molar-refractivity contribution in [3.8, 4) is 0 Å². The molecule has 1 aromatic carbocycles. The van der Waals surface area contributed by atoms with Gasteiger partial charge in [-0.25, -0.2) is 0 Å². The van der Waals surface area contributed by atoms with Gasteiger partial charge in [0.05, 0.1) is 13.2 Å². The summed E-state index contributed by atoms with van der Waals surface area (Å²) in [6.45, 7) is 6.62. The molecule has 0 amide bonds. The van der Waals surface area contributed by atoms with E-state index in [1.165, 1.54) is 11.1 Å². The van der Waals surface area contributed by atoms with Crippen LogP contribution in [0.1, 0.15) is 17.5 Å². The lowest BCUT2D eigenvalue weighted by molar-refractivity contribution is 0.145. The molecule has 1 atom stereocenters. The van der Waals surface area contributed by atoms with Gasteiger partial charge in [0, 0.05) is 32.2 Å². The third-order valence-corrected chi connectivity index (χ3v) is 3.99. The second-order valence-electron chi connectivity index (χ2n) is 5.58. The zero-order chi connectivity index (χ0) is 13.6. The molecule has 1 fully saturated rings. The first-order valence-electron chi connectivity index (χ1n) is 7.08. The summed E-state index contributed by atoms with van der Waals surface area (Å²) in [6.07, 6.45) is 2.24. The first-order valence-corrected chi connectivity index (χ1v) is 7.08. The number of ether oxygens (including phenoxy) is 2. The predicted octanol–water partition coefficient (Wildman–Crippen LogP) is 2.18. The van der Waals surface area contributed by atoms with Crippen molar-refractivity contribution in [3.63, 3.8) is 0 Å². The van der Waals surface area contributed by atoms with Crippen molar-refractivity contribution in [2.45, 2.75) is 19.8 Å². The molecule has 2 rings (SSSR count). The van der Waals surface area contributed by atoms with Crippen LogP contribution in [0.15, 0.2) is 24.3 Å². The molecule has 1 aliphatic heterocycles. The third-order valence-electron chi connectivity index (χ3n) is 3.99. The van der Waals surface area contributed by atoms with Crippen LogP contribution in [0.4, 0.5) is 0 Å². The summed E-state index contributed by atoms with van der Waals surface area (Å²) in [6, 6.07) is 8.67. The summed E-state index contributed by atoms with van der Waals surface area (Å²) in [4.78, 5) is 0. The minimum Gasteiger partial charge on any atom is -0.383 e. The van der Waals surface area contributed by atoms with Gasteiger partial charge >= 0.3 is 0 Å². The molecule has 0 aromatic heterocycles. The van der Waals surface area contributed by atoms with E-state index in [2.05, 4.69) is 36.5 Å². The Labute approximate surface area is 116 Å². The highest BCUT2D eigenvalue weighted by atomic mass is 16.5. The summed E-state index contributed by atoms with van der Waals surface area (Å²) in [5.74, 6) is 0. The van der Waals surface area contributed by atoms with Crippen molar-refractivity contribution in [1.82, 2.24) is 5.32 Å². The standard InChI is InChI=1S/C16H25NO2/c1-14-5-3-4-6-15(14)11-16(7-9-19-13-16)12-17-8-10-18-2/h3-6,17H,7-13H2,1-2H3. The molecule has 3 nitrogen and oxygen atoms in total. The molecule has 19 heavy (non-hydrogen) atoms. The minimum absolute atomic E-state index is 0.250. The highest BCUT2D eigenvalue weighted by Crippen LogP contribution is 2.32. The Morgan fingerprint density at radius 3 is 2.89 bits per heavy atom. The van der Waals surface area contributed by atoms with Crippen LogP contribution >= 0.6 is 0 Å². The first-order chi connectivity index (χ1) is 9.26. The molecule has 0 radical (unpaired) electrons. The lowest BCUT2D eigenvalue weighted by atomic mass is 9.80. The van der Waals surface area contributed by atoms with Crippen LogP contribution in [-0.4, -0.2) is 40.0 Å². The number of methoxy groups -OCH3 is 1. The van der Waals surface area contributed by atoms with Crippen molar-refractivity contribution in [3.05, 3.63) is 35.4 Å². The zero-order valence-corrected chi connectivity index (χ0v) is 12.1. The Bertz CT molecular complexity index is 386. The topological polar surface area (TPSA) is 30.5 Å². The van der Waals surface area contributed by atoms with E-state index in [1.54, 1.807) is 7.11 Å². The molecule has 0 aliphatic carbocycles. The van der Waals surface area contributed by atoms with Crippen LogP contribution < -0.4 is 5.32 Å². The van der Waals surface area contributed by atoms with Crippen molar-refractivity contribution in [2.75, 3.05) is 40.0 Å². The van der Waals surface area contributed by atoms with E-state index in [9.17, 15) is 0 Å². The average molecular weight is 263 g/mol. The van der Waals surface area contributed by atoms with Gasteiger partial charge in [-0.1, -0.05) is 24.3 Å². The van der Waals surface area contributed by atoms with Gasteiger partial charge in [-0.05, 0) is 30.9 Å². The molecule has 0 saturated carbocycles.